The lowest BCUT2D eigenvalue weighted by molar-refractivity contribution is 0.0594. The van der Waals surface area contributed by atoms with E-state index in [1.807, 2.05) is 0 Å². The maximum absolute atomic E-state index is 13.1. The van der Waals surface area contributed by atoms with Crippen molar-refractivity contribution in [3.05, 3.63) is 34.6 Å². The summed E-state index contributed by atoms with van der Waals surface area (Å²) in [7, 11) is 1.54. The predicted molar refractivity (Wildman–Crippen MR) is 65.6 cm³/mol. The summed E-state index contributed by atoms with van der Waals surface area (Å²) >= 11 is 5.80. The Hall–Kier alpha value is -0.680. The molecular formula is C12H17ClFNO2. The maximum Gasteiger partial charge on any atom is 0.142 e. The van der Waals surface area contributed by atoms with Crippen LogP contribution in [0.25, 0.3) is 0 Å². The standard InChI is InChI=1S/C12H17ClFNO2/c1-17-8-10(16)5-6-15-7-9-3-2-4-11(14)12(9)13/h2-4,10,15-16H,5-8H2,1H3. The van der Waals surface area contributed by atoms with Gasteiger partial charge in [0.25, 0.3) is 0 Å². The number of hydrogen-bond donors (Lipinski definition) is 2. The zero-order chi connectivity index (χ0) is 12.7. The van der Waals surface area contributed by atoms with Gasteiger partial charge in [0.05, 0.1) is 17.7 Å². The first kappa shape index (κ1) is 14.4. The van der Waals surface area contributed by atoms with Crippen molar-refractivity contribution >= 4 is 11.6 Å². The van der Waals surface area contributed by atoms with Crippen molar-refractivity contribution in [2.75, 3.05) is 20.3 Å². The van der Waals surface area contributed by atoms with E-state index in [2.05, 4.69) is 5.32 Å². The van der Waals surface area contributed by atoms with Crippen LogP contribution >= 0.6 is 11.6 Å². The molecule has 0 radical (unpaired) electrons. The fourth-order valence-electron chi connectivity index (χ4n) is 1.45. The monoisotopic (exact) mass is 261 g/mol. The van der Waals surface area contributed by atoms with E-state index in [0.29, 0.717) is 31.7 Å². The first-order chi connectivity index (χ1) is 8.15. The Morgan fingerprint density at radius 2 is 2.29 bits per heavy atom. The van der Waals surface area contributed by atoms with Gasteiger partial charge in [0.15, 0.2) is 0 Å². The molecule has 1 rings (SSSR count). The average Bonchev–Trinajstić information content (AvgIpc) is 2.30. The first-order valence-electron chi connectivity index (χ1n) is 5.45. The molecule has 0 amide bonds. The van der Waals surface area contributed by atoms with Crippen molar-refractivity contribution in [3.63, 3.8) is 0 Å². The van der Waals surface area contributed by atoms with Crippen molar-refractivity contribution in [1.29, 1.82) is 0 Å². The van der Waals surface area contributed by atoms with E-state index >= 15 is 0 Å². The SMILES string of the molecule is COCC(O)CCNCc1cccc(F)c1Cl. The Labute approximate surface area is 106 Å². The number of nitrogens with one attached hydrogen (secondary N) is 1. The first-order valence-corrected chi connectivity index (χ1v) is 5.83. The zero-order valence-corrected chi connectivity index (χ0v) is 10.5. The summed E-state index contributed by atoms with van der Waals surface area (Å²) in [5, 5.41) is 12.6. The third-order valence-corrected chi connectivity index (χ3v) is 2.78. The van der Waals surface area contributed by atoms with Gasteiger partial charge >= 0.3 is 0 Å². The molecule has 5 heteroatoms. The third-order valence-electron chi connectivity index (χ3n) is 2.36. The van der Waals surface area contributed by atoms with Crippen LogP contribution in [-0.2, 0) is 11.3 Å². The van der Waals surface area contributed by atoms with Gasteiger partial charge in [0.2, 0.25) is 0 Å². The lowest BCUT2D eigenvalue weighted by atomic mass is 10.2. The second-order valence-corrected chi connectivity index (χ2v) is 4.17. The predicted octanol–water partition coefficient (Wildman–Crippen LogP) is 1.97. The van der Waals surface area contributed by atoms with Crippen molar-refractivity contribution in [3.8, 4) is 0 Å². The molecule has 0 saturated heterocycles. The molecule has 0 aromatic heterocycles. The van der Waals surface area contributed by atoms with Gasteiger partial charge in [-0.25, -0.2) is 4.39 Å². The van der Waals surface area contributed by atoms with E-state index in [1.165, 1.54) is 6.07 Å². The average molecular weight is 262 g/mol. The van der Waals surface area contributed by atoms with Crippen LogP contribution in [0.5, 0.6) is 0 Å². The molecule has 0 bridgehead atoms. The van der Waals surface area contributed by atoms with Gasteiger partial charge in [-0.3, -0.25) is 0 Å². The lowest BCUT2D eigenvalue weighted by Gasteiger charge is -2.10. The number of ether oxygens (including phenoxy) is 1. The number of aliphatic hydroxyl groups is 1. The largest absolute Gasteiger partial charge is 0.391 e. The van der Waals surface area contributed by atoms with Gasteiger partial charge in [-0.1, -0.05) is 23.7 Å². The Morgan fingerprint density at radius 1 is 1.53 bits per heavy atom. The molecule has 3 nitrogen and oxygen atoms in total. The highest BCUT2D eigenvalue weighted by molar-refractivity contribution is 6.31. The second kappa shape index (κ2) is 7.61. The van der Waals surface area contributed by atoms with Crippen LogP contribution in [0.4, 0.5) is 4.39 Å². The Bertz CT molecular complexity index is 349. The molecule has 2 N–H and O–H groups in total. The van der Waals surface area contributed by atoms with Crippen LogP contribution in [-0.4, -0.2) is 31.5 Å². The Balaban J connectivity index is 2.29. The molecule has 1 unspecified atom stereocenters. The Morgan fingerprint density at radius 3 is 3.00 bits per heavy atom. The molecule has 1 aromatic rings. The van der Waals surface area contributed by atoms with Crippen molar-refractivity contribution < 1.29 is 14.2 Å². The number of halogens is 2. The summed E-state index contributed by atoms with van der Waals surface area (Å²) in [6.45, 7) is 1.43. The molecule has 0 saturated carbocycles. The maximum atomic E-state index is 13.1. The van der Waals surface area contributed by atoms with E-state index in [1.54, 1.807) is 19.2 Å². The van der Waals surface area contributed by atoms with E-state index in [9.17, 15) is 9.50 Å². The molecule has 0 heterocycles. The Kier molecular flexibility index (Phi) is 6.44. The molecule has 0 fully saturated rings. The van der Waals surface area contributed by atoms with Crippen LogP contribution in [0, 0.1) is 5.82 Å². The second-order valence-electron chi connectivity index (χ2n) is 3.79. The highest BCUT2D eigenvalue weighted by Gasteiger charge is 2.06. The van der Waals surface area contributed by atoms with E-state index < -0.39 is 11.9 Å². The van der Waals surface area contributed by atoms with Gasteiger partial charge in [-0.2, -0.15) is 0 Å². The third kappa shape index (κ3) is 5.00. The van der Waals surface area contributed by atoms with Crippen LogP contribution in [0.2, 0.25) is 5.02 Å². The molecule has 1 atom stereocenters. The minimum atomic E-state index is -0.476. The van der Waals surface area contributed by atoms with Gasteiger partial charge in [0.1, 0.15) is 5.82 Å². The minimum absolute atomic E-state index is 0.150. The van der Waals surface area contributed by atoms with Crippen molar-refractivity contribution in [1.82, 2.24) is 5.32 Å². The number of aliphatic hydroxyl groups excluding tert-OH is 1. The lowest BCUT2D eigenvalue weighted by Crippen LogP contribution is -2.23. The molecule has 0 spiro atoms. The molecule has 1 aromatic carbocycles. The minimum Gasteiger partial charge on any atom is -0.391 e. The number of rotatable bonds is 7. The van der Waals surface area contributed by atoms with Gasteiger partial charge in [0, 0.05) is 13.7 Å². The van der Waals surface area contributed by atoms with E-state index in [-0.39, 0.29) is 5.02 Å². The highest BCUT2D eigenvalue weighted by Crippen LogP contribution is 2.19. The van der Waals surface area contributed by atoms with E-state index in [4.69, 9.17) is 16.3 Å². The zero-order valence-electron chi connectivity index (χ0n) is 9.75. The number of benzene rings is 1. The van der Waals surface area contributed by atoms with Crippen LogP contribution < -0.4 is 5.32 Å². The van der Waals surface area contributed by atoms with Crippen molar-refractivity contribution in [2.24, 2.45) is 0 Å². The smallest absolute Gasteiger partial charge is 0.142 e. The molecule has 0 aliphatic carbocycles. The molecule has 0 aliphatic heterocycles. The number of methoxy groups -OCH3 is 1. The van der Waals surface area contributed by atoms with Gasteiger partial charge in [-0.05, 0) is 24.6 Å². The summed E-state index contributed by atoms with van der Waals surface area (Å²) in [5.74, 6) is -0.412. The van der Waals surface area contributed by atoms with Crippen LogP contribution in [0.3, 0.4) is 0 Å². The summed E-state index contributed by atoms with van der Waals surface area (Å²) in [4.78, 5) is 0. The molecular weight excluding hydrogens is 245 g/mol. The summed E-state index contributed by atoms with van der Waals surface area (Å²) in [6, 6.07) is 4.72. The summed E-state index contributed by atoms with van der Waals surface area (Å²) < 4.78 is 17.9. The van der Waals surface area contributed by atoms with E-state index in [0.717, 1.165) is 0 Å². The molecule has 0 aliphatic rings. The van der Waals surface area contributed by atoms with Crippen LogP contribution in [0.1, 0.15) is 12.0 Å². The summed E-state index contributed by atoms with van der Waals surface area (Å²) in [6.07, 6.45) is 0.108. The molecule has 17 heavy (non-hydrogen) atoms. The summed E-state index contributed by atoms with van der Waals surface area (Å²) in [5.41, 5.74) is 0.716. The van der Waals surface area contributed by atoms with Gasteiger partial charge in [-0.15, -0.1) is 0 Å². The number of hydrogen-bond acceptors (Lipinski definition) is 3. The topological polar surface area (TPSA) is 41.5 Å². The quantitative estimate of drug-likeness (QED) is 0.738. The van der Waals surface area contributed by atoms with Gasteiger partial charge < -0.3 is 15.2 Å². The fourth-order valence-corrected chi connectivity index (χ4v) is 1.65. The normalized spacial score (nSPS) is 12.7. The van der Waals surface area contributed by atoms with Crippen LogP contribution in [0.15, 0.2) is 18.2 Å². The molecule has 96 valence electrons. The highest BCUT2D eigenvalue weighted by atomic mass is 35.5. The van der Waals surface area contributed by atoms with Crippen molar-refractivity contribution in [2.45, 2.75) is 19.1 Å². The fraction of sp³-hybridized carbons (Fsp3) is 0.500.